The van der Waals surface area contributed by atoms with E-state index in [1.165, 1.54) is 4.88 Å². The van der Waals surface area contributed by atoms with Crippen LogP contribution in [0.5, 0.6) is 0 Å². The quantitative estimate of drug-likeness (QED) is 0.804. The largest absolute Gasteiger partial charge is 0.350 e. The van der Waals surface area contributed by atoms with Crippen LogP contribution in [0.2, 0.25) is 0 Å². The number of nitrogens with zero attached hydrogens (tertiary/aromatic N) is 1. The van der Waals surface area contributed by atoms with E-state index in [1.807, 2.05) is 20.8 Å². The number of nitrogens with one attached hydrogen (secondary N) is 1. The SMILES string of the molecule is CCC(=O)NCc1nc(C)sc1C. The van der Waals surface area contributed by atoms with Crippen molar-refractivity contribution in [2.75, 3.05) is 0 Å². The van der Waals surface area contributed by atoms with Crippen molar-refractivity contribution in [3.05, 3.63) is 15.6 Å². The summed E-state index contributed by atoms with van der Waals surface area (Å²) in [6.07, 6.45) is 0.530. The maximum atomic E-state index is 11.0. The molecule has 0 atom stereocenters. The molecule has 0 radical (unpaired) electrons. The number of rotatable bonds is 3. The second kappa shape index (κ2) is 4.37. The van der Waals surface area contributed by atoms with Crippen LogP contribution in [-0.4, -0.2) is 10.9 Å². The molecule has 1 aromatic rings. The number of thiazole rings is 1. The number of hydrogen-bond donors (Lipinski definition) is 1. The molecule has 1 amide bonds. The molecule has 0 aliphatic carbocycles. The number of aromatic nitrogens is 1. The molecule has 1 N–H and O–H groups in total. The lowest BCUT2D eigenvalue weighted by atomic mass is 10.3. The Morgan fingerprint density at radius 2 is 2.23 bits per heavy atom. The molecule has 0 aliphatic rings. The van der Waals surface area contributed by atoms with Gasteiger partial charge in [0.05, 0.1) is 17.2 Å². The molecular formula is C9H14N2OS. The van der Waals surface area contributed by atoms with Gasteiger partial charge in [0, 0.05) is 11.3 Å². The lowest BCUT2D eigenvalue weighted by Gasteiger charge is -2.00. The first-order valence-corrected chi connectivity index (χ1v) is 5.14. The monoisotopic (exact) mass is 198 g/mol. The standard InChI is InChI=1S/C9H14N2OS/c1-4-9(12)10-5-8-6(2)13-7(3)11-8/h4-5H2,1-3H3,(H,10,12). The molecule has 4 heteroatoms. The first-order valence-electron chi connectivity index (χ1n) is 4.33. The number of carbonyl (C=O) groups excluding carboxylic acids is 1. The van der Waals surface area contributed by atoms with Gasteiger partial charge in [-0.3, -0.25) is 4.79 Å². The summed E-state index contributed by atoms with van der Waals surface area (Å²) in [4.78, 5) is 16.5. The summed E-state index contributed by atoms with van der Waals surface area (Å²) in [6.45, 7) is 6.40. The summed E-state index contributed by atoms with van der Waals surface area (Å²) in [5.41, 5.74) is 0.990. The highest BCUT2D eigenvalue weighted by atomic mass is 32.1. The Hall–Kier alpha value is -0.900. The van der Waals surface area contributed by atoms with Gasteiger partial charge in [-0.15, -0.1) is 11.3 Å². The fraction of sp³-hybridized carbons (Fsp3) is 0.556. The Balaban J connectivity index is 2.54. The van der Waals surface area contributed by atoms with Gasteiger partial charge in [0.1, 0.15) is 0 Å². The van der Waals surface area contributed by atoms with Gasteiger partial charge in [-0.25, -0.2) is 4.98 Å². The molecule has 3 nitrogen and oxygen atoms in total. The van der Waals surface area contributed by atoms with Gasteiger partial charge < -0.3 is 5.32 Å². The van der Waals surface area contributed by atoms with Crippen LogP contribution in [0.3, 0.4) is 0 Å². The van der Waals surface area contributed by atoms with Crippen LogP contribution >= 0.6 is 11.3 Å². The zero-order valence-electron chi connectivity index (χ0n) is 8.18. The molecule has 1 aromatic heterocycles. The molecule has 1 rings (SSSR count). The third kappa shape index (κ3) is 2.81. The van der Waals surface area contributed by atoms with Crippen LogP contribution in [0.25, 0.3) is 0 Å². The van der Waals surface area contributed by atoms with Crippen LogP contribution < -0.4 is 5.32 Å². The van der Waals surface area contributed by atoms with Gasteiger partial charge in [0.25, 0.3) is 0 Å². The van der Waals surface area contributed by atoms with Crippen molar-refractivity contribution in [2.24, 2.45) is 0 Å². The number of amides is 1. The Morgan fingerprint density at radius 3 is 2.69 bits per heavy atom. The highest BCUT2D eigenvalue weighted by Crippen LogP contribution is 2.15. The molecule has 0 fully saturated rings. The second-order valence-electron chi connectivity index (χ2n) is 2.87. The van der Waals surface area contributed by atoms with E-state index in [9.17, 15) is 4.79 Å². The minimum absolute atomic E-state index is 0.0741. The zero-order valence-corrected chi connectivity index (χ0v) is 8.99. The van der Waals surface area contributed by atoms with E-state index in [0.29, 0.717) is 13.0 Å². The molecule has 0 saturated heterocycles. The summed E-state index contributed by atoms with van der Waals surface area (Å²) in [7, 11) is 0. The van der Waals surface area contributed by atoms with Crippen molar-refractivity contribution in [1.82, 2.24) is 10.3 Å². The summed E-state index contributed by atoms with van der Waals surface area (Å²) in [6, 6.07) is 0. The topological polar surface area (TPSA) is 42.0 Å². The normalized spacial score (nSPS) is 10.1. The fourth-order valence-corrected chi connectivity index (χ4v) is 1.88. The van der Waals surface area contributed by atoms with E-state index in [2.05, 4.69) is 10.3 Å². The Morgan fingerprint density at radius 1 is 1.54 bits per heavy atom. The second-order valence-corrected chi connectivity index (χ2v) is 4.27. The first kappa shape index (κ1) is 10.2. The van der Waals surface area contributed by atoms with Gasteiger partial charge >= 0.3 is 0 Å². The van der Waals surface area contributed by atoms with Crippen molar-refractivity contribution in [3.63, 3.8) is 0 Å². The van der Waals surface area contributed by atoms with Crippen LogP contribution in [0.15, 0.2) is 0 Å². The van der Waals surface area contributed by atoms with Crippen LogP contribution in [0.1, 0.15) is 28.9 Å². The van der Waals surface area contributed by atoms with Gasteiger partial charge in [-0.05, 0) is 13.8 Å². The summed E-state index contributed by atoms with van der Waals surface area (Å²) in [5, 5.41) is 3.86. The van der Waals surface area contributed by atoms with Crippen LogP contribution in [0, 0.1) is 13.8 Å². The van der Waals surface area contributed by atoms with Gasteiger partial charge in [0.15, 0.2) is 0 Å². The molecule has 72 valence electrons. The van der Waals surface area contributed by atoms with E-state index in [-0.39, 0.29) is 5.91 Å². The number of hydrogen-bond acceptors (Lipinski definition) is 3. The Labute approximate surface area is 82.2 Å². The molecule has 0 saturated carbocycles. The molecule has 1 heterocycles. The summed E-state index contributed by atoms with van der Waals surface area (Å²) >= 11 is 1.67. The molecule has 0 bridgehead atoms. The van der Waals surface area contributed by atoms with Gasteiger partial charge in [-0.2, -0.15) is 0 Å². The Bertz CT molecular complexity index is 307. The average molecular weight is 198 g/mol. The predicted molar refractivity (Wildman–Crippen MR) is 53.7 cm³/mol. The van der Waals surface area contributed by atoms with E-state index < -0.39 is 0 Å². The highest BCUT2D eigenvalue weighted by molar-refractivity contribution is 7.11. The van der Waals surface area contributed by atoms with E-state index in [1.54, 1.807) is 11.3 Å². The number of aryl methyl sites for hydroxylation is 2. The number of carbonyl (C=O) groups is 1. The minimum Gasteiger partial charge on any atom is -0.350 e. The molecular weight excluding hydrogens is 184 g/mol. The van der Waals surface area contributed by atoms with E-state index >= 15 is 0 Å². The summed E-state index contributed by atoms with van der Waals surface area (Å²) in [5.74, 6) is 0.0741. The predicted octanol–water partition coefficient (Wildman–Crippen LogP) is 1.79. The molecule has 0 aliphatic heterocycles. The van der Waals surface area contributed by atoms with E-state index in [0.717, 1.165) is 10.7 Å². The smallest absolute Gasteiger partial charge is 0.220 e. The lowest BCUT2D eigenvalue weighted by Crippen LogP contribution is -2.21. The van der Waals surface area contributed by atoms with E-state index in [4.69, 9.17) is 0 Å². The van der Waals surface area contributed by atoms with Crippen molar-refractivity contribution in [1.29, 1.82) is 0 Å². The van der Waals surface area contributed by atoms with Crippen molar-refractivity contribution in [2.45, 2.75) is 33.7 Å². The third-order valence-electron chi connectivity index (χ3n) is 1.77. The van der Waals surface area contributed by atoms with Gasteiger partial charge in [-0.1, -0.05) is 6.92 Å². The van der Waals surface area contributed by atoms with Crippen molar-refractivity contribution in [3.8, 4) is 0 Å². The lowest BCUT2D eigenvalue weighted by molar-refractivity contribution is -0.120. The average Bonchev–Trinajstić information content (AvgIpc) is 2.41. The molecule has 0 unspecified atom stereocenters. The zero-order chi connectivity index (χ0) is 9.84. The molecule has 0 spiro atoms. The fourth-order valence-electron chi connectivity index (χ4n) is 1.04. The van der Waals surface area contributed by atoms with Crippen LogP contribution in [0.4, 0.5) is 0 Å². The van der Waals surface area contributed by atoms with Gasteiger partial charge in [0.2, 0.25) is 5.91 Å². The molecule has 0 aromatic carbocycles. The maximum absolute atomic E-state index is 11.0. The van der Waals surface area contributed by atoms with Crippen LogP contribution in [-0.2, 0) is 11.3 Å². The summed E-state index contributed by atoms with van der Waals surface area (Å²) < 4.78 is 0. The minimum atomic E-state index is 0.0741. The third-order valence-corrected chi connectivity index (χ3v) is 2.70. The highest BCUT2D eigenvalue weighted by Gasteiger charge is 2.05. The molecule has 13 heavy (non-hydrogen) atoms. The van der Waals surface area contributed by atoms with Crippen molar-refractivity contribution < 1.29 is 4.79 Å². The maximum Gasteiger partial charge on any atom is 0.220 e. The Kier molecular flexibility index (Phi) is 3.42. The van der Waals surface area contributed by atoms with Crippen molar-refractivity contribution >= 4 is 17.2 Å². The first-order chi connectivity index (χ1) is 6.13.